The van der Waals surface area contributed by atoms with E-state index in [2.05, 4.69) is 10.3 Å². The molecule has 0 spiro atoms. The lowest BCUT2D eigenvalue weighted by Gasteiger charge is -2.32. The summed E-state index contributed by atoms with van der Waals surface area (Å²) < 4.78 is 4.94. The first-order valence-electron chi connectivity index (χ1n) is 6.59. The molecule has 1 amide bonds. The standard InChI is InChI=1S/C13H22N2O3/c1-3-8-18-12(17)14-9-11-4-6-13(2,7-5-11)15-10-16/h11H,3-9H2,1-2H3,(H,14,17). The van der Waals surface area contributed by atoms with Crippen LogP contribution in [0, 0.1) is 5.92 Å². The number of alkyl carbamates (subject to hydrolysis) is 1. The van der Waals surface area contributed by atoms with Crippen LogP contribution in [0.15, 0.2) is 4.99 Å². The van der Waals surface area contributed by atoms with Gasteiger partial charge in [-0.25, -0.2) is 9.59 Å². The minimum absolute atomic E-state index is 0.249. The number of isocyanates is 1. The Morgan fingerprint density at radius 1 is 1.50 bits per heavy atom. The summed E-state index contributed by atoms with van der Waals surface area (Å²) in [5, 5.41) is 2.78. The normalized spacial score (nSPS) is 27.1. The second kappa shape index (κ2) is 7.17. The van der Waals surface area contributed by atoms with E-state index in [0.717, 1.165) is 32.1 Å². The van der Waals surface area contributed by atoms with Gasteiger partial charge < -0.3 is 10.1 Å². The molecule has 1 aliphatic carbocycles. The molecule has 5 heteroatoms. The van der Waals surface area contributed by atoms with Gasteiger partial charge in [0.2, 0.25) is 6.08 Å². The van der Waals surface area contributed by atoms with Gasteiger partial charge in [0.1, 0.15) is 0 Å². The number of rotatable bonds is 5. The van der Waals surface area contributed by atoms with Crippen LogP contribution in [0.4, 0.5) is 4.79 Å². The third kappa shape index (κ3) is 4.88. The van der Waals surface area contributed by atoms with Crippen LogP contribution in [0.3, 0.4) is 0 Å². The van der Waals surface area contributed by atoms with Crippen molar-refractivity contribution >= 4 is 12.2 Å². The van der Waals surface area contributed by atoms with Crippen molar-refractivity contribution in [1.29, 1.82) is 0 Å². The molecule has 0 saturated heterocycles. The summed E-state index contributed by atoms with van der Waals surface area (Å²) in [6.45, 7) is 5.05. The van der Waals surface area contributed by atoms with Crippen LogP contribution in [0.1, 0.15) is 46.0 Å². The Labute approximate surface area is 108 Å². The number of carbonyl (C=O) groups is 1. The van der Waals surface area contributed by atoms with Gasteiger partial charge in [0.25, 0.3) is 0 Å². The summed E-state index contributed by atoms with van der Waals surface area (Å²) in [7, 11) is 0. The SMILES string of the molecule is CCCOC(=O)NCC1CCC(C)(N=C=O)CC1. The third-order valence-electron chi connectivity index (χ3n) is 3.47. The van der Waals surface area contributed by atoms with Gasteiger partial charge in [0.05, 0.1) is 12.1 Å². The molecule has 0 unspecified atom stereocenters. The van der Waals surface area contributed by atoms with E-state index >= 15 is 0 Å². The predicted octanol–water partition coefficient (Wildman–Crippen LogP) is 2.41. The Balaban J connectivity index is 2.23. The smallest absolute Gasteiger partial charge is 0.407 e. The van der Waals surface area contributed by atoms with E-state index in [1.165, 1.54) is 0 Å². The summed E-state index contributed by atoms with van der Waals surface area (Å²) in [6, 6.07) is 0. The molecule has 0 bridgehead atoms. The maximum absolute atomic E-state index is 11.3. The second-order valence-electron chi connectivity index (χ2n) is 5.16. The summed E-state index contributed by atoms with van der Waals surface area (Å²) in [6.07, 6.45) is 5.83. The van der Waals surface area contributed by atoms with Gasteiger partial charge in [-0.15, -0.1) is 0 Å². The summed E-state index contributed by atoms with van der Waals surface area (Å²) in [4.78, 5) is 25.4. The topological polar surface area (TPSA) is 67.8 Å². The molecule has 1 fully saturated rings. The molecule has 0 atom stereocenters. The lowest BCUT2D eigenvalue weighted by molar-refractivity contribution is 0.142. The van der Waals surface area contributed by atoms with Crippen molar-refractivity contribution in [2.45, 2.75) is 51.5 Å². The maximum Gasteiger partial charge on any atom is 0.407 e. The molecule has 1 N–H and O–H groups in total. The highest BCUT2D eigenvalue weighted by Gasteiger charge is 2.30. The molecule has 1 rings (SSSR count). The van der Waals surface area contributed by atoms with Crippen LogP contribution in [0.5, 0.6) is 0 Å². The van der Waals surface area contributed by atoms with E-state index in [9.17, 15) is 9.59 Å². The monoisotopic (exact) mass is 254 g/mol. The molecule has 5 nitrogen and oxygen atoms in total. The van der Waals surface area contributed by atoms with Gasteiger partial charge in [0.15, 0.2) is 0 Å². The Bertz CT molecular complexity index is 316. The van der Waals surface area contributed by atoms with Crippen molar-refractivity contribution in [2.24, 2.45) is 10.9 Å². The molecule has 0 heterocycles. The van der Waals surface area contributed by atoms with Gasteiger partial charge in [-0.3, -0.25) is 0 Å². The number of amides is 1. The van der Waals surface area contributed by atoms with Crippen LogP contribution in [-0.2, 0) is 9.53 Å². The molecule has 0 aromatic rings. The van der Waals surface area contributed by atoms with Gasteiger partial charge in [0, 0.05) is 6.54 Å². The average molecular weight is 254 g/mol. The molecule has 18 heavy (non-hydrogen) atoms. The zero-order valence-electron chi connectivity index (χ0n) is 11.2. The summed E-state index contributed by atoms with van der Waals surface area (Å²) in [5.74, 6) is 0.453. The summed E-state index contributed by atoms with van der Waals surface area (Å²) in [5.41, 5.74) is -0.249. The lowest BCUT2D eigenvalue weighted by atomic mass is 9.78. The number of carbonyl (C=O) groups excluding carboxylic acids is 2. The number of nitrogens with one attached hydrogen (secondary N) is 1. The van der Waals surface area contributed by atoms with E-state index in [4.69, 9.17) is 4.74 Å². The van der Waals surface area contributed by atoms with Crippen molar-refractivity contribution in [3.05, 3.63) is 0 Å². The Morgan fingerprint density at radius 2 is 2.17 bits per heavy atom. The minimum Gasteiger partial charge on any atom is -0.450 e. The second-order valence-corrected chi connectivity index (χ2v) is 5.16. The van der Waals surface area contributed by atoms with E-state index < -0.39 is 0 Å². The highest BCUT2D eigenvalue weighted by molar-refractivity contribution is 5.67. The van der Waals surface area contributed by atoms with Crippen LogP contribution >= 0.6 is 0 Å². The number of hydrogen-bond acceptors (Lipinski definition) is 4. The number of ether oxygens (including phenoxy) is 1. The first kappa shape index (κ1) is 14.7. The highest BCUT2D eigenvalue weighted by atomic mass is 16.5. The zero-order chi connectivity index (χ0) is 13.4. The third-order valence-corrected chi connectivity index (χ3v) is 3.47. The Kier molecular flexibility index (Phi) is 5.86. The molecule has 0 radical (unpaired) electrons. The lowest BCUT2D eigenvalue weighted by Crippen LogP contribution is -2.35. The minimum atomic E-state index is -0.337. The van der Waals surface area contributed by atoms with Crippen molar-refractivity contribution < 1.29 is 14.3 Å². The molecule has 1 aliphatic rings. The van der Waals surface area contributed by atoms with Crippen molar-refractivity contribution in [2.75, 3.05) is 13.2 Å². The molecule has 1 saturated carbocycles. The molecule has 0 aliphatic heterocycles. The molecular weight excluding hydrogens is 232 g/mol. The van der Waals surface area contributed by atoms with Gasteiger partial charge >= 0.3 is 6.09 Å². The van der Waals surface area contributed by atoms with Crippen LogP contribution in [0.25, 0.3) is 0 Å². The maximum atomic E-state index is 11.3. The molecule has 0 aromatic carbocycles. The highest BCUT2D eigenvalue weighted by Crippen LogP contribution is 2.34. The molecule has 0 aromatic heterocycles. The molecule has 102 valence electrons. The number of hydrogen-bond donors (Lipinski definition) is 1. The Morgan fingerprint density at radius 3 is 2.72 bits per heavy atom. The van der Waals surface area contributed by atoms with E-state index in [0.29, 0.717) is 19.1 Å². The van der Waals surface area contributed by atoms with Crippen LogP contribution < -0.4 is 5.32 Å². The van der Waals surface area contributed by atoms with Gasteiger partial charge in [-0.05, 0) is 44.9 Å². The largest absolute Gasteiger partial charge is 0.450 e. The quantitative estimate of drug-likeness (QED) is 0.605. The van der Waals surface area contributed by atoms with Gasteiger partial charge in [-0.2, -0.15) is 4.99 Å². The fraction of sp³-hybridized carbons (Fsp3) is 0.846. The number of aliphatic imine (C=N–C) groups is 1. The first-order chi connectivity index (χ1) is 8.59. The first-order valence-corrected chi connectivity index (χ1v) is 6.59. The Hall–Kier alpha value is -1.35. The van der Waals surface area contributed by atoms with E-state index in [-0.39, 0.29) is 11.6 Å². The van der Waals surface area contributed by atoms with Crippen molar-refractivity contribution in [3.8, 4) is 0 Å². The average Bonchev–Trinajstić information content (AvgIpc) is 2.36. The van der Waals surface area contributed by atoms with E-state index in [1.807, 2.05) is 13.8 Å². The molecular formula is C13H22N2O3. The summed E-state index contributed by atoms with van der Waals surface area (Å²) >= 11 is 0. The van der Waals surface area contributed by atoms with Crippen molar-refractivity contribution in [3.63, 3.8) is 0 Å². The van der Waals surface area contributed by atoms with Crippen LogP contribution in [0.2, 0.25) is 0 Å². The number of nitrogens with zero attached hydrogens (tertiary/aromatic N) is 1. The predicted molar refractivity (Wildman–Crippen MR) is 68.1 cm³/mol. The fourth-order valence-corrected chi connectivity index (χ4v) is 2.20. The van der Waals surface area contributed by atoms with Gasteiger partial charge in [-0.1, -0.05) is 6.92 Å². The van der Waals surface area contributed by atoms with Crippen molar-refractivity contribution in [1.82, 2.24) is 5.32 Å². The zero-order valence-corrected chi connectivity index (χ0v) is 11.2. The fourth-order valence-electron chi connectivity index (χ4n) is 2.20. The van der Waals surface area contributed by atoms with Crippen LogP contribution in [-0.4, -0.2) is 30.9 Å². The van der Waals surface area contributed by atoms with E-state index in [1.54, 1.807) is 6.08 Å².